The number of aliphatic hydroxyl groups is 1. The number of aliphatic hydroxyl groups excluding tert-OH is 1. The summed E-state index contributed by atoms with van der Waals surface area (Å²) in [6.07, 6.45) is -3.72. The fraction of sp³-hybridized carbons (Fsp3) is 0.500. The number of carbonyl (C=O) groups excluding carboxylic acids is 1. The molecule has 0 spiro atoms. The molecule has 0 unspecified atom stereocenters. The standard InChI is InChI=1S/C14H16F3NO3/c15-14(16,17)11-3-1-2-10(8-11)13(18-12(20)9-19)4-6-21-7-5-13/h1-3,8,19H,4-7,9H2,(H,18,20). The molecule has 0 atom stereocenters. The summed E-state index contributed by atoms with van der Waals surface area (Å²) in [5.74, 6) is -0.616. The average molecular weight is 303 g/mol. The average Bonchev–Trinajstić information content (AvgIpc) is 2.47. The van der Waals surface area contributed by atoms with Crippen LogP contribution >= 0.6 is 0 Å². The third-order valence-corrected chi connectivity index (χ3v) is 3.61. The largest absolute Gasteiger partial charge is 0.416 e. The predicted molar refractivity (Wildman–Crippen MR) is 68.4 cm³/mol. The van der Waals surface area contributed by atoms with Gasteiger partial charge in [-0.25, -0.2) is 0 Å². The molecule has 0 aliphatic carbocycles. The third-order valence-electron chi connectivity index (χ3n) is 3.61. The van der Waals surface area contributed by atoms with E-state index in [1.165, 1.54) is 6.07 Å². The number of benzene rings is 1. The maximum Gasteiger partial charge on any atom is 0.416 e. The van der Waals surface area contributed by atoms with Crippen LogP contribution in [0.2, 0.25) is 0 Å². The summed E-state index contributed by atoms with van der Waals surface area (Å²) in [5.41, 5.74) is -1.31. The predicted octanol–water partition coefficient (Wildman–Crippen LogP) is 1.82. The van der Waals surface area contributed by atoms with Crippen LogP contribution in [0.4, 0.5) is 13.2 Å². The molecule has 0 aromatic heterocycles. The Morgan fingerprint density at radius 1 is 1.33 bits per heavy atom. The molecule has 1 fully saturated rings. The van der Waals surface area contributed by atoms with Crippen LogP contribution in [-0.4, -0.2) is 30.8 Å². The highest BCUT2D eigenvalue weighted by Crippen LogP contribution is 2.36. The maximum absolute atomic E-state index is 12.8. The quantitative estimate of drug-likeness (QED) is 0.895. The SMILES string of the molecule is O=C(CO)NC1(c2cccc(C(F)(F)F)c2)CCOCC1. The molecule has 1 saturated heterocycles. The van der Waals surface area contributed by atoms with Crippen molar-refractivity contribution in [1.82, 2.24) is 5.32 Å². The van der Waals surface area contributed by atoms with Crippen LogP contribution in [-0.2, 0) is 21.2 Å². The summed E-state index contributed by atoms with van der Waals surface area (Å²) < 4.78 is 43.7. The molecule has 2 N–H and O–H groups in total. The number of alkyl halides is 3. The molecule has 0 saturated carbocycles. The van der Waals surface area contributed by atoms with Gasteiger partial charge in [0.15, 0.2) is 0 Å². The molecular formula is C14H16F3NO3. The second-order valence-electron chi connectivity index (χ2n) is 4.98. The summed E-state index contributed by atoms with van der Waals surface area (Å²) in [6.45, 7) is -0.0362. The molecule has 0 bridgehead atoms. The van der Waals surface area contributed by atoms with E-state index in [1.807, 2.05) is 0 Å². The molecule has 1 aromatic carbocycles. The summed E-state index contributed by atoms with van der Waals surface area (Å²) in [4.78, 5) is 11.5. The van der Waals surface area contributed by atoms with Crippen molar-refractivity contribution < 1.29 is 27.8 Å². The first-order chi connectivity index (χ1) is 9.87. The molecule has 7 heteroatoms. The van der Waals surface area contributed by atoms with Crippen LogP contribution < -0.4 is 5.32 Å². The fourth-order valence-corrected chi connectivity index (χ4v) is 2.51. The molecule has 1 amide bonds. The monoisotopic (exact) mass is 303 g/mol. The lowest BCUT2D eigenvalue weighted by Crippen LogP contribution is -2.50. The number of amides is 1. The topological polar surface area (TPSA) is 58.6 Å². The summed E-state index contributed by atoms with van der Waals surface area (Å²) >= 11 is 0. The van der Waals surface area contributed by atoms with Crippen molar-refractivity contribution in [3.8, 4) is 0 Å². The van der Waals surface area contributed by atoms with Gasteiger partial charge in [-0.3, -0.25) is 4.79 Å². The Bertz CT molecular complexity index is 510. The second kappa shape index (κ2) is 6.03. The minimum Gasteiger partial charge on any atom is -0.387 e. The van der Waals surface area contributed by atoms with Crippen LogP contribution in [0.25, 0.3) is 0 Å². The summed E-state index contributed by atoms with van der Waals surface area (Å²) in [5, 5.41) is 11.5. The Kier molecular flexibility index (Phi) is 4.53. The lowest BCUT2D eigenvalue weighted by molar-refractivity contribution is -0.137. The van der Waals surface area contributed by atoms with Gasteiger partial charge >= 0.3 is 6.18 Å². The Morgan fingerprint density at radius 3 is 2.57 bits per heavy atom. The van der Waals surface area contributed by atoms with Gasteiger partial charge in [-0.1, -0.05) is 12.1 Å². The zero-order valence-electron chi connectivity index (χ0n) is 11.2. The van der Waals surface area contributed by atoms with E-state index < -0.39 is 29.8 Å². The first-order valence-electron chi connectivity index (χ1n) is 6.55. The van der Waals surface area contributed by atoms with Crippen LogP contribution in [0, 0.1) is 0 Å². The van der Waals surface area contributed by atoms with Gasteiger partial charge in [0.2, 0.25) is 5.91 Å². The molecule has 1 aromatic rings. The molecule has 0 radical (unpaired) electrons. The molecular weight excluding hydrogens is 287 g/mol. The smallest absolute Gasteiger partial charge is 0.387 e. The molecule has 1 heterocycles. The Hall–Kier alpha value is -1.60. The number of rotatable bonds is 3. The summed E-state index contributed by atoms with van der Waals surface area (Å²) in [7, 11) is 0. The number of ether oxygens (including phenoxy) is 1. The Labute approximate surface area is 119 Å². The lowest BCUT2D eigenvalue weighted by atomic mass is 9.82. The highest BCUT2D eigenvalue weighted by atomic mass is 19.4. The summed E-state index contributed by atoms with van der Waals surface area (Å²) in [6, 6.07) is 4.91. The number of nitrogens with one attached hydrogen (secondary N) is 1. The van der Waals surface area contributed by atoms with E-state index in [0.717, 1.165) is 12.1 Å². The first-order valence-corrected chi connectivity index (χ1v) is 6.55. The first kappa shape index (κ1) is 15.8. The van der Waals surface area contributed by atoms with E-state index in [4.69, 9.17) is 9.84 Å². The van der Waals surface area contributed by atoms with E-state index in [-0.39, 0.29) is 0 Å². The number of hydrogen-bond acceptors (Lipinski definition) is 3. The van der Waals surface area contributed by atoms with Gasteiger partial charge in [0.25, 0.3) is 0 Å². The molecule has 1 aliphatic heterocycles. The van der Waals surface area contributed by atoms with Crippen LogP contribution in [0.3, 0.4) is 0 Å². The highest BCUT2D eigenvalue weighted by molar-refractivity contribution is 5.78. The molecule has 4 nitrogen and oxygen atoms in total. The van der Waals surface area contributed by atoms with Gasteiger partial charge in [0.05, 0.1) is 11.1 Å². The van der Waals surface area contributed by atoms with Crippen LogP contribution in [0.5, 0.6) is 0 Å². The van der Waals surface area contributed by atoms with Crippen LogP contribution in [0.15, 0.2) is 24.3 Å². The second-order valence-corrected chi connectivity index (χ2v) is 4.98. The molecule has 21 heavy (non-hydrogen) atoms. The van der Waals surface area contributed by atoms with Crippen molar-refractivity contribution >= 4 is 5.91 Å². The highest BCUT2D eigenvalue weighted by Gasteiger charge is 2.38. The molecule has 1 aliphatic rings. The maximum atomic E-state index is 12.8. The normalized spacial score (nSPS) is 18.3. The zero-order chi connectivity index (χ0) is 15.5. The van der Waals surface area contributed by atoms with E-state index in [2.05, 4.69) is 5.32 Å². The zero-order valence-corrected chi connectivity index (χ0v) is 11.2. The minimum absolute atomic E-state index is 0.335. The Balaban J connectivity index is 2.39. The van der Waals surface area contributed by atoms with Gasteiger partial charge < -0.3 is 15.2 Å². The van der Waals surface area contributed by atoms with E-state index in [1.54, 1.807) is 6.07 Å². The van der Waals surface area contributed by atoms with E-state index in [9.17, 15) is 18.0 Å². The fourth-order valence-electron chi connectivity index (χ4n) is 2.51. The molecule has 2 rings (SSSR count). The van der Waals surface area contributed by atoms with Gasteiger partial charge in [-0.15, -0.1) is 0 Å². The van der Waals surface area contributed by atoms with Gasteiger partial charge in [-0.05, 0) is 30.5 Å². The Morgan fingerprint density at radius 2 is 2.00 bits per heavy atom. The third kappa shape index (κ3) is 3.54. The number of halogens is 3. The van der Waals surface area contributed by atoms with Crippen molar-refractivity contribution in [1.29, 1.82) is 0 Å². The van der Waals surface area contributed by atoms with Crippen molar-refractivity contribution in [2.24, 2.45) is 0 Å². The van der Waals surface area contributed by atoms with Crippen molar-refractivity contribution in [2.75, 3.05) is 19.8 Å². The van der Waals surface area contributed by atoms with Gasteiger partial charge in [0.1, 0.15) is 6.61 Å². The van der Waals surface area contributed by atoms with E-state index in [0.29, 0.717) is 31.6 Å². The van der Waals surface area contributed by atoms with Crippen molar-refractivity contribution in [3.63, 3.8) is 0 Å². The van der Waals surface area contributed by atoms with E-state index >= 15 is 0 Å². The number of hydrogen-bond donors (Lipinski definition) is 2. The lowest BCUT2D eigenvalue weighted by Gasteiger charge is -2.38. The van der Waals surface area contributed by atoms with Crippen molar-refractivity contribution in [2.45, 2.75) is 24.6 Å². The number of carbonyl (C=O) groups is 1. The van der Waals surface area contributed by atoms with Crippen molar-refractivity contribution in [3.05, 3.63) is 35.4 Å². The van der Waals surface area contributed by atoms with Crippen LogP contribution in [0.1, 0.15) is 24.0 Å². The molecule has 116 valence electrons. The van der Waals surface area contributed by atoms with Gasteiger partial charge in [0, 0.05) is 13.2 Å². The minimum atomic E-state index is -4.44. The van der Waals surface area contributed by atoms with Gasteiger partial charge in [-0.2, -0.15) is 13.2 Å².